The third-order valence-corrected chi connectivity index (χ3v) is 2.44. The van der Waals surface area contributed by atoms with E-state index >= 15 is 0 Å². The van der Waals surface area contributed by atoms with E-state index in [1.807, 2.05) is 6.92 Å². The highest BCUT2D eigenvalue weighted by atomic mass is 16.6. The van der Waals surface area contributed by atoms with Gasteiger partial charge in [0.05, 0.1) is 11.1 Å². The van der Waals surface area contributed by atoms with Gasteiger partial charge in [-0.1, -0.05) is 19.8 Å². The van der Waals surface area contributed by atoms with Crippen LogP contribution in [0.3, 0.4) is 0 Å². The molecule has 6 heteroatoms. The molecule has 0 fully saturated rings. The molecule has 0 radical (unpaired) electrons. The second-order valence-electron chi connectivity index (χ2n) is 3.76. The van der Waals surface area contributed by atoms with Gasteiger partial charge in [0.15, 0.2) is 5.78 Å². The van der Waals surface area contributed by atoms with Crippen LogP contribution in [0.1, 0.15) is 43.0 Å². The first-order valence-corrected chi connectivity index (χ1v) is 5.49. The summed E-state index contributed by atoms with van der Waals surface area (Å²) in [7, 11) is 0. The zero-order valence-electron chi connectivity index (χ0n) is 9.68. The first-order valence-electron chi connectivity index (χ1n) is 5.49. The number of anilines is 1. The predicted octanol–water partition coefficient (Wildman–Crippen LogP) is 2.34. The first kappa shape index (κ1) is 13.1. The summed E-state index contributed by atoms with van der Waals surface area (Å²) in [4.78, 5) is 25.7. The number of nitrogen functional groups attached to an aromatic ring is 1. The Balaban J connectivity index is 2.93. The van der Waals surface area contributed by atoms with Gasteiger partial charge in [-0.05, 0) is 6.42 Å². The Hall–Kier alpha value is -1.98. The fraction of sp³-hybridized carbons (Fsp3) is 0.455. The molecule has 0 aliphatic carbocycles. The molecule has 1 rings (SSSR count). The van der Waals surface area contributed by atoms with Gasteiger partial charge in [0.25, 0.3) is 0 Å². The van der Waals surface area contributed by atoms with Crippen LogP contribution in [-0.4, -0.2) is 15.7 Å². The summed E-state index contributed by atoms with van der Waals surface area (Å²) >= 11 is 0. The highest BCUT2D eigenvalue weighted by Gasteiger charge is 2.23. The SMILES string of the molecule is CCCCCC(=O)c1cncc(N)c1[N+](=O)[O-]. The Kier molecular flexibility index (Phi) is 4.56. The molecule has 92 valence electrons. The number of ketones is 1. The number of rotatable bonds is 6. The zero-order chi connectivity index (χ0) is 12.8. The van der Waals surface area contributed by atoms with Gasteiger partial charge >= 0.3 is 5.69 Å². The van der Waals surface area contributed by atoms with Crippen molar-refractivity contribution < 1.29 is 9.72 Å². The molecule has 0 aromatic carbocycles. The van der Waals surface area contributed by atoms with E-state index in [-0.39, 0.29) is 22.7 Å². The number of pyridine rings is 1. The van der Waals surface area contributed by atoms with E-state index in [0.717, 1.165) is 19.3 Å². The number of unbranched alkanes of at least 4 members (excludes halogenated alkanes) is 2. The quantitative estimate of drug-likeness (QED) is 0.354. The number of carbonyl (C=O) groups is 1. The number of Topliss-reactive ketones (excluding diaryl/α,β-unsaturated/α-hetero) is 1. The maximum Gasteiger partial charge on any atom is 0.306 e. The number of nitrogens with two attached hydrogens (primary N) is 1. The van der Waals surface area contributed by atoms with E-state index < -0.39 is 4.92 Å². The van der Waals surface area contributed by atoms with Gasteiger partial charge in [-0.25, -0.2) is 0 Å². The van der Waals surface area contributed by atoms with Crippen LogP contribution < -0.4 is 5.73 Å². The van der Waals surface area contributed by atoms with Gasteiger partial charge in [-0.3, -0.25) is 19.9 Å². The van der Waals surface area contributed by atoms with Crippen molar-refractivity contribution in [2.75, 3.05) is 5.73 Å². The second kappa shape index (κ2) is 5.93. The maximum atomic E-state index is 11.8. The summed E-state index contributed by atoms with van der Waals surface area (Å²) in [6, 6.07) is 0. The van der Waals surface area contributed by atoms with Crippen LogP contribution in [0.4, 0.5) is 11.4 Å². The highest BCUT2D eigenvalue weighted by molar-refractivity contribution is 6.01. The first-order chi connectivity index (χ1) is 8.07. The molecule has 0 aliphatic heterocycles. The molecular formula is C11H15N3O3. The summed E-state index contributed by atoms with van der Waals surface area (Å²) < 4.78 is 0. The number of aromatic nitrogens is 1. The Morgan fingerprint density at radius 3 is 2.76 bits per heavy atom. The summed E-state index contributed by atoms with van der Waals surface area (Å²) in [6.45, 7) is 2.02. The average molecular weight is 237 g/mol. The molecule has 0 spiro atoms. The smallest absolute Gasteiger partial charge is 0.306 e. The molecule has 6 nitrogen and oxygen atoms in total. The summed E-state index contributed by atoms with van der Waals surface area (Å²) in [5.41, 5.74) is 5.06. The van der Waals surface area contributed by atoms with E-state index in [2.05, 4.69) is 4.98 Å². The summed E-state index contributed by atoms with van der Waals surface area (Å²) in [6.07, 6.45) is 5.32. The van der Waals surface area contributed by atoms with E-state index in [4.69, 9.17) is 5.73 Å². The Labute approximate surface area is 99.0 Å². The highest BCUT2D eigenvalue weighted by Crippen LogP contribution is 2.26. The topological polar surface area (TPSA) is 99.1 Å². The van der Waals surface area contributed by atoms with Crippen LogP contribution in [0.5, 0.6) is 0 Å². The van der Waals surface area contributed by atoms with Gasteiger partial charge < -0.3 is 5.73 Å². The van der Waals surface area contributed by atoms with Crippen LogP contribution in [-0.2, 0) is 0 Å². The maximum absolute atomic E-state index is 11.8. The predicted molar refractivity (Wildman–Crippen MR) is 63.8 cm³/mol. The van der Waals surface area contributed by atoms with Gasteiger partial charge in [0.1, 0.15) is 11.3 Å². The van der Waals surface area contributed by atoms with Gasteiger partial charge in [-0.15, -0.1) is 0 Å². The Morgan fingerprint density at radius 2 is 2.18 bits per heavy atom. The van der Waals surface area contributed by atoms with Gasteiger partial charge in [0, 0.05) is 12.6 Å². The zero-order valence-corrected chi connectivity index (χ0v) is 9.68. The minimum absolute atomic E-state index is 0.00565. The minimum Gasteiger partial charge on any atom is -0.392 e. The molecule has 0 saturated carbocycles. The van der Waals surface area contributed by atoms with Crippen LogP contribution in [0.25, 0.3) is 0 Å². The summed E-state index contributed by atoms with van der Waals surface area (Å²) in [5.74, 6) is -0.273. The number of hydrogen-bond donors (Lipinski definition) is 1. The van der Waals surface area contributed by atoms with Gasteiger partial charge in [-0.2, -0.15) is 0 Å². The van der Waals surface area contributed by atoms with Crippen molar-refractivity contribution in [3.05, 3.63) is 28.1 Å². The van der Waals surface area contributed by atoms with Crippen LogP contribution >= 0.6 is 0 Å². The van der Waals surface area contributed by atoms with Crippen molar-refractivity contribution in [3.8, 4) is 0 Å². The molecule has 17 heavy (non-hydrogen) atoms. The Bertz CT molecular complexity index is 432. The van der Waals surface area contributed by atoms with Crippen LogP contribution in [0.2, 0.25) is 0 Å². The molecule has 1 aromatic heterocycles. The third kappa shape index (κ3) is 3.24. The van der Waals surface area contributed by atoms with Crippen molar-refractivity contribution >= 4 is 17.2 Å². The molecule has 0 amide bonds. The second-order valence-corrected chi connectivity index (χ2v) is 3.76. The largest absolute Gasteiger partial charge is 0.392 e. The lowest BCUT2D eigenvalue weighted by atomic mass is 10.0. The third-order valence-electron chi connectivity index (χ3n) is 2.44. The number of hydrogen-bond acceptors (Lipinski definition) is 5. The molecule has 0 unspecified atom stereocenters. The molecule has 0 aliphatic rings. The van der Waals surface area contributed by atoms with Crippen molar-refractivity contribution in [2.24, 2.45) is 0 Å². The monoisotopic (exact) mass is 237 g/mol. The van der Waals surface area contributed by atoms with E-state index in [0.29, 0.717) is 6.42 Å². The molecular weight excluding hydrogens is 222 g/mol. The van der Waals surface area contributed by atoms with Crippen molar-refractivity contribution in [3.63, 3.8) is 0 Å². The summed E-state index contributed by atoms with van der Waals surface area (Å²) in [5, 5.41) is 10.8. The number of nitrogens with zero attached hydrogens (tertiary/aromatic N) is 2. The lowest BCUT2D eigenvalue weighted by Gasteiger charge is -2.03. The number of carbonyl (C=O) groups excluding carboxylic acids is 1. The Morgan fingerprint density at radius 1 is 1.47 bits per heavy atom. The fourth-order valence-corrected chi connectivity index (χ4v) is 1.55. The fourth-order valence-electron chi connectivity index (χ4n) is 1.55. The molecule has 1 aromatic rings. The van der Waals surface area contributed by atoms with Gasteiger partial charge in [0.2, 0.25) is 0 Å². The lowest BCUT2D eigenvalue weighted by molar-refractivity contribution is -0.384. The molecule has 0 saturated heterocycles. The van der Waals surface area contributed by atoms with E-state index in [9.17, 15) is 14.9 Å². The van der Waals surface area contributed by atoms with Crippen molar-refractivity contribution in [1.29, 1.82) is 0 Å². The van der Waals surface area contributed by atoms with Crippen molar-refractivity contribution in [1.82, 2.24) is 4.98 Å². The van der Waals surface area contributed by atoms with Crippen LogP contribution in [0, 0.1) is 10.1 Å². The molecule has 2 N–H and O–H groups in total. The molecule has 1 heterocycles. The average Bonchev–Trinajstić information content (AvgIpc) is 2.28. The molecule has 0 atom stereocenters. The lowest BCUT2D eigenvalue weighted by Crippen LogP contribution is -2.07. The minimum atomic E-state index is -0.635. The molecule has 0 bridgehead atoms. The van der Waals surface area contributed by atoms with E-state index in [1.54, 1.807) is 0 Å². The van der Waals surface area contributed by atoms with Crippen LogP contribution in [0.15, 0.2) is 12.4 Å². The van der Waals surface area contributed by atoms with Crippen molar-refractivity contribution in [2.45, 2.75) is 32.6 Å². The standard InChI is InChI=1S/C11H15N3O3/c1-2-3-4-5-10(15)8-6-13-7-9(12)11(8)14(16)17/h6-7H,2-5,12H2,1H3. The normalized spacial score (nSPS) is 10.2. The number of nitro groups is 1. The van der Waals surface area contributed by atoms with E-state index in [1.165, 1.54) is 12.4 Å².